The molecule has 2 N–H and O–H groups in total. The Kier molecular flexibility index (Phi) is 3.91. The summed E-state index contributed by atoms with van der Waals surface area (Å²) in [4.78, 5) is 4.54. The lowest BCUT2D eigenvalue weighted by Crippen LogP contribution is -2.30. The van der Waals surface area contributed by atoms with E-state index >= 15 is 0 Å². The van der Waals surface area contributed by atoms with Gasteiger partial charge in [0, 0.05) is 23.9 Å². The van der Waals surface area contributed by atoms with Crippen LogP contribution in [-0.4, -0.2) is 29.0 Å². The van der Waals surface area contributed by atoms with Gasteiger partial charge in [-0.25, -0.2) is 4.98 Å². The van der Waals surface area contributed by atoms with Gasteiger partial charge >= 0.3 is 0 Å². The number of anilines is 1. The minimum Gasteiger partial charge on any atom is -0.415 e. The number of hydrogen-bond donors (Lipinski definition) is 1. The van der Waals surface area contributed by atoms with E-state index in [-0.39, 0.29) is 6.10 Å². The lowest BCUT2D eigenvalue weighted by Gasteiger charge is -2.23. The fourth-order valence-corrected chi connectivity index (χ4v) is 3.46. The molecule has 2 aromatic heterocycles. The summed E-state index contributed by atoms with van der Waals surface area (Å²) in [6.07, 6.45) is 3.80. The molecule has 2 rings (SSSR count). The molecule has 0 spiro atoms. The Bertz CT molecular complexity index is 561. The zero-order chi connectivity index (χ0) is 14.0. The topological polar surface area (TPSA) is 65.4 Å². The first kappa shape index (κ1) is 14.0. The number of nitrogens with zero attached hydrogens (tertiary/aromatic N) is 3. The third-order valence-corrected chi connectivity index (χ3v) is 3.91. The summed E-state index contributed by atoms with van der Waals surface area (Å²) >= 11 is 0. The fourth-order valence-electron chi connectivity index (χ4n) is 2.13. The van der Waals surface area contributed by atoms with E-state index in [2.05, 4.69) is 36.6 Å². The van der Waals surface area contributed by atoms with Crippen molar-refractivity contribution in [1.29, 1.82) is 0 Å². The number of hydrogen-bond acceptors (Lipinski definition) is 4. The SMILES string of the molecule is CC(CCc1cc(N)n2nccc2n1)O[Si](C)(C)C. The van der Waals surface area contributed by atoms with Crippen LogP contribution in [0.25, 0.3) is 5.65 Å². The quantitative estimate of drug-likeness (QED) is 0.853. The van der Waals surface area contributed by atoms with Crippen molar-refractivity contribution in [2.24, 2.45) is 0 Å². The van der Waals surface area contributed by atoms with Gasteiger partial charge in [-0.3, -0.25) is 0 Å². The first-order valence-electron chi connectivity index (χ1n) is 6.62. The largest absolute Gasteiger partial charge is 0.415 e. The zero-order valence-electron chi connectivity index (χ0n) is 12.1. The van der Waals surface area contributed by atoms with Crippen LogP contribution in [0, 0.1) is 0 Å². The van der Waals surface area contributed by atoms with E-state index < -0.39 is 8.32 Å². The molecule has 0 radical (unpaired) electrons. The minimum atomic E-state index is -1.46. The molecule has 0 bridgehead atoms. The molecule has 0 saturated carbocycles. The highest BCUT2D eigenvalue weighted by Gasteiger charge is 2.18. The number of aromatic nitrogens is 3. The molecular formula is C13H22N4OSi. The molecular weight excluding hydrogens is 256 g/mol. The highest BCUT2D eigenvalue weighted by atomic mass is 28.4. The summed E-state index contributed by atoms with van der Waals surface area (Å²) in [6.45, 7) is 8.74. The summed E-state index contributed by atoms with van der Waals surface area (Å²) in [5.41, 5.74) is 7.74. The van der Waals surface area contributed by atoms with Crippen molar-refractivity contribution in [3.63, 3.8) is 0 Å². The Labute approximate surface area is 114 Å². The second-order valence-corrected chi connectivity index (χ2v) is 10.3. The molecule has 0 aliphatic rings. The van der Waals surface area contributed by atoms with Crippen LogP contribution in [0.15, 0.2) is 18.3 Å². The van der Waals surface area contributed by atoms with Crippen molar-refractivity contribution in [1.82, 2.24) is 14.6 Å². The van der Waals surface area contributed by atoms with Gasteiger partial charge in [-0.05, 0) is 39.4 Å². The van der Waals surface area contributed by atoms with Crippen molar-refractivity contribution >= 4 is 19.8 Å². The number of nitrogens with two attached hydrogens (primary N) is 1. The van der Waals surface area contributed by atoms with Crippen molar-refractivity contribution in [3.05, 3.63) is 24.0 Å². The summed E-state index contributed by atoms with van der Waals surface area (Å²) in [5.74, 6) is 0.628. The minimum absolute atomic E-state index is 0.260. The van der Waals surface area contributed by atoms with E-state index in [1.807, 2.05) is 12.1 Å². The maximum Gasteiger partial charge on any atom is 0.184 e. The Hall–Kier alpha value is -1.40. The van der Waals surface area contributed by atoms with Crippen molar-refractivity contribution in [2.45, 2.75) is 45.5 Å². The summed E-state index contributed by atoms with van der Waals surface area (Å²) in [6, 6.07) is 3.75. The molecule has 0 aliphatic carbocycles. The maximum absolute atomic E-state index is 6.02. The molecule has 6 heteroatoms. The Balaban J connectivity index is 2.01. The van der Waals surface area contributed by atoms with Gasteiger partial charge in [0.1, 0.15) is 5.82 Å². The van der Waals surface area contributed by atoms with Gasteiger partial charge in [0.2, 0.25) is 0 Å². The number of fused-ring (bicyclic) bond motifs is 1. The van der Waals surface area contributed by atoms with Crippen LogP contribution in [0.1, 0.15) is 19.0 Å². The molecule has 0 amide bonds. The molecule has 1 unspecified atom stereocenters. The van der Waals surface area contributed by atoms with Gasteiger partial charge in [0.15, 0.2) is 14.0 Å². The average molecular weight is 278 g/mol. The van der Waals surface area contributed by atoms with Crippen LogP contribution in [0.2, 0.25) is 19.6 Å². The highest BCUT2D eigenvalue weighted by molar-refractivity contribution is 6.69. The maximum atomic E-state index is 6.02. The van der Waals surface area contributed by atoms with E-state index in [1.54, 1.807) is 10.7 Å². The first-order chi connectivity index (χ1) is 8.85. The second kappa shape index (κ2) is 5.30. The van der Waals surface area contributed by atoms with Crippen LogP contribution in [0.4, 0.5) is 5.82 Å². The van der Waals surface area contributed by atoms with E-state index in [4.69, 9.17) is 10.2 Å². The second-order valence-electron chi connectivity index (χ2n) is 5.85. The number of nitrogen functional groups attached to an aromatic ring is 1. The number of aryl methyl sites for hydroxylation is 1. The van der Waals surface area contributed by atoms with Crippen molar-refractivity contribution in [2.75, 3.05) is 5.73 Å². The lowest BCUT2D eigenvalue weighted by atomic mass is 10.1. The molecule has 0 aromatic carbocycles. The van der Waals surface area contributed by atoms with Crippen molar-refractivity contribution < 1.29 is 4.43 Å². The van der Waals surface area contributed by atoms with Crippen LogP contribution in [-0.2, 0) is 10.8 Å². The molecule has 5 nitrogen and oxygen atoms in total. The summed E-state index contributed by atoms with van der Waals surface area (Å²) in [7, 11) is -1.46. The predicted molar refractivity (Wildman–Crippen MR) is 79.6 cm³/mol. The molecule has 0 aliphatic heterocycles. The highest BCUT2D eigenvalue weighted by Crippen LogP contribution is 2.14. The van der Waals surface area contributed by atoms with E-state index in [0.717, 1.165) is 24.2 Å². The zero-order valence-corrected chi connectivity index (χ0v) is 13.1. The first-order valence-corrected chi connectivity index (χ1v) is 10.0. The van der Waals surface area contributed by atoms with Gasteiger partial charge in [-0.1, -0.05) is 0 Å². The van der Waals surface area contributed by atoms with Crippen molar-refractivity contribution in [3.8, 4) is 0 Å². The smallest absolute Gasteiger partial charge is 0.184 e. The normalized spacial score (nSPS) is 13.9. The molecule has 0 saturated heterocycles. The third kappa shape index (κ3) is 3.78. The number of rotatable bonds is 5. The Morgan fingerprint density at radius 2 is 2.16 bits per heavy atom. The molecule has 0 fully saturated rings. The Morgan fingerprint density at radius 3 is 2.84 bits per heavy atom. The standard InChI is InChI=1S/C13H22N4OSi/c1-10(18-19(2,3)4)5-6-11-9-12(14)17-13(16-11)7-8-15-17/h7-10H,5-6,14H2,1-4H3. The molecule has 2 heterocycles. The van der Waals surface area contributed by atoms with E-state index in [9.17, 15) is 0 Å². The fraction of sp³-hybridized carbons (Fsp3) is 0.538. The molecule has 19 heavy (non-hydrogen) atoms. The summed E-state index contributed by atoms with van der Waals surface area (Å²) < 4.78 is 7.67. The van der Waals surface area contributed by atoms with Gasteiger partial charge in [0.25, 0.3) is 0 Å². The third-order valence-electron chi connectivity index (χ3n) is 2.80. The monoisotopic (exact) mass is 278 g/mol. The average Bonchev–Trinajstić information content (AvgIpc) is 2.72. The molecule has 104 valence electrons. The van der Waals surface area contributed by atoms with Crippen LogP contribution in [0.3, 0.4) is 0 Å². The Morgan fingerprint density at radius 1 is 1.42 bits per heavy atom. The van der Waals surface area contributed by atoms with E-state index in [0.29, 0.717) is 5.82 Å². The summed E-state index contributed by atoms with van der Waals surface area (Å²) in [5, 5.41) is 4.11. The van der Waals surface area contributed by atoms with Gasteiger partial charge in [0.05, 0.1) is 6.20 Å². The molecule has 1 atom stereocenters. The van der Waals surface area contributed by atoms with Gasteiger partial charge < -0.3 is 10.2 Å². The van der Waals surface area contributed by atoms with Gasteiger partial charge in [-0.2, -0.15) is 9.61 Å². The van der Waals surface area contributed by atoms with Gasteiger partial charge in [-0.15, -0.1) is 0 Å². The van der Waals surface area contributed by atoms with Crippen LogP contribution in [0.5, 0.6) is 0 Å². The van der Waals surface area contributed by atoms with E-state index in [1.165, 1.54) is 0 Å². The van der Waals surface area contributed by atoms with Crippen LogP contribution < -0.4 is 5.73 Å². The molecule has 2 aromatic rings. The lowest BCUT2D eigenvalue weighted by molar-refractivity contribution is 0.203. The predicted octanol–water partition coefficient (Wildman–Crippen LogP) is 2.48. The van der Waals surface area contributed by atoms with Crippen LogP contribution >= 0.6 is 0 Å².